The molecule has 0 aliphatic rings. The smallest absolute Gasteiger partial charge is 0.244 e. The predicted octanol–water partition coefficient (Wildman–Crippen LogP) is 4.58. The number of hydrogen-bond acceptors (Lipinski definition) is 2. The van der Waals surface area contributed by atoms with Crippen molar-refractivity contribution in [2.45, 2.75) is 20.3 Å². The van der Waals surface area contributed by atoms with Crippen molar-refractivity contribution in [2.24, 2.45) is 5.10 Å². The zero-order valence-electron chi connectivity index (χ0n) is 15.0. The van der Waals surface area contributed by atoms with Crippen LogP contribution in [-0.4, -0.2) is 16.7 Å². The summed E-state index contributed by atoms with van der Waals surface area (Å²) in [6.45, 7) is 4.00. The summed E-state index contributed by atoms with van der Waals surface area (Å²) in [7, 11) is 0. The van der Waals surface area contributed by atoms with Crippen LogP contribution < -0.4 is 5.43 Å². The molecule has 0 aliphatic carbocycles. The highest BCUT2D eigenvalue weighted by Crippen LogP contribution is 2.21. The Morgan fingerprint density at radius 3 is 2.48 bits per heavy atom. The van der Waals surface area contributed by atoms with Crippen molar-refractivity contribution in [2.75, 3.05) is 0 Å². The first kappa shape index (κ1) is 18.9. The molecular weight excluding hydrogens is 365 g/mol. The fourth-order valence-electron chi connectivity index (χ4n) is 2.91. The monoisotopic (exact) mass is 383 g/mol. The number of halogens is 2. The minimum absolute atomic E-state index is 0.140. The molecule has 6 heteroatoms. The summed E-state index contributed by atoms with van der Waals surface area (Å²) >= 11 is 5.96. The molecular formula is C21H19ClFN3O. The SMILES string of the molecule is Cc1cc(/C=N\NC(=O)Cc2ccc(F)cc2)c(C)n1-c1ccc(Cl)cc1. The van der Waals surface area contributed by atoms with Gasteiger partial charge in [-0.2, -0.15) is 5.10 Å². The van der Waals surface area contributed by atoms with E-state index >= 15 is 0 Å². The lowest BCUT2D eigenvalue weighted by Gasteiger charge is -2.09. The number of carbonyl (C=O) groups is 1. The number of nitrogens with zero attached hydrogens (tertiary/aromatic N) is 2. The Morgan fingerprint density at radius 2 is 1.81 bits per heavy atom. The number of hydrazone groups is 1. The van der Waals surface area contributed by atoms with E-state index in [1.807, 2.05) is 44.2 Å². The second-order valence-corrected chi connectivity index (χ2v) is 6.67. The van der Waals surface area contributed by atoms with Crippen molar-refractivity contribution < 1.29 is 9.18 Å². The lowest BCUT2D eigenvalue weighted by molar-refractivity contribution is -0.120. The summed E-state index contributed by atoms with van der Waals surface area (Å²) in [6.07, 6.45) is 1.76. The highest BCUT2D eigenvalue weighted by Gasteiger charge is 2.09. The summed E-state index contributed by atoms with van der Waals surface area (Å²) in [6, 6.07) is 15.4. The average Bonchev–Trinajstić information content (AvgIpc) is 2.92. The Hall–Kier alpha value is -2.92. The molecule has 1 N–H and O–H groups in total. The Balaban J connectivity index is 1.68. The molecule has 0 saturated heterocycles. The number of aryl methyl sites for hydroxylation is 1. The molecule has 1 heterocycles. The van der Waals surface area contributed by atoms with Crippen molar-refractivity contribution >= 4 is 23.7 Å². The van der Waals surface area contributed by atoms with Crippen LogP contribution in [0, 0.1) is 19.7 Å². The Bertz CT molecular complexity index is 976. The van der Waals surface area contributed by atoms with Gasteiger partial charge in [0.1, 0.15) is 5.82 Å². The van der Waals surface area contributed by atoms with Crippen LogP contribution in [0.4, 0.5) is 4.39 Å². The summed E-state index contributed by atoms with van der Waals surface area (Å²) in [5.74, 6) is -0.586. The molecule has 27 heavy (non-hydrogen) atoms. The van der Waals surface area contributed by atoms with Crippen LogP contribution in [0.1, 0.15) is 22.5 Å². The van der Waals surface area contributed by atoms with Gasteiger partial charge in [0.15, 0.2) is 0 Å². The van der Waals surface area contributed by atoms with E-state index in [4.69, 9.17) is 11.6 Å². The van der Waals surface area contributed by atoms with E-state index in [0.717, 1.165) is 28.2 Å². The first-order valence-electron chi connectivity index (χ1n) is 8.45. The van der Waals surface area contributed by atoms with Crippen LogP contribution in [0.5, 0.6) is 0 Å². The van der Waals surface area contributed by atoms with Crippen LogP contribution in [0.25, 0.3) is 5.69 Å². The van der Waals surface area contributed by atoms with Gasteiger partial charge in [-0.3, -0.25) is 4.79 Å². The van der Waals surface area contributed by atoms with E-state index in [2.05, 4.69) is 15.1 Å². The standard InChI is InChI=1S/C21H19ClFN3O/c1-14-11-17(15(2)26(14)20-9-5-18(22)6-10-20)13-24-25-21(27)12-16-3-7-19(23)8-4-16/h3-11,13H,12H2,1-2H3,(H,25,27)/b24-13-. The average molecular weight is 384 g/mol. The molecule has 0 bridgehead atoms. The summed E-state index contributed by atoms with van der Waals surface area (Å²) in [5.41, 5.74) is 7.21. The Kier molecular flexibility index (Phi) is 5.72. The van der Waals surface area contributed by atoms with Crippen molar-refractivity contribution in [1.82, 2.24) is 9.99 Å². The topological polar surface area (TPSA) is 46.4 Å². The molecule has 3 aromatic rings. The van der Waals surface area contributed by atoms with Crippen molar-refractivity contribution in [3.63, 3.8) is 0 Å². The molecule has 0 radical (unpaired) electrons. The molecule has 0 aliphatic heterocycles. The zero-order chi connectivity index (χ0) is 19.4. The Labute approximate surface area is 162 Å². The predicted molar refractivity (Wildman–Crippen MR) is 106 cm³/mol. The minimum atomic E-state index is -0.326. The summed E-state index contributed by atoms with van der Waals surface area (Å²) in [4.78, 5) is 12.0. The summed E-state index contributed by atoms with van der Waals surface area (Å²) < 4.78 is 15.0. The first-order valence-corrected chi connectivity index (χ1v) is 8.83. The molecule has 0 fully saturated rings. The molecule has 1 aromatic heterocycles. The van der Waals surface area contributed by atoms with Gasteiger partial charge < -0.3 is 4.57 Å². The van der Waals surface area contributed by atoms with Gasteiger partial charge in [-0.05, 0) is 61.9 Å². The van der Waals surface area contributed by atoms with Crippen molar-refractivity contribution in [1.29, 1.82) is 0 Å². The van der Waals surface area contributed by atoms with Gasteiger partial charge in [0.25, 0.3) is 0 Å². The summed E-state index contributed by atoms with van der Waals surface area (Å²) in [5, 5.41) is 4.73. The number of amides is 1. The van der Waals surface area contributed by atoms with Crippen molar-refractivity contribution in [3.8, 4) is 5.69 Å². The van der Waals surface area contributed by atoms with Gasteiger partial charge in [-0.15, -0.1) is 0 Å². The van der Waals surface area contributed by atoms with Gasteiger partial charge in [0, 0.05) is 27.7 Å². The number of benzene rings is 2. The number of nitrogens with one attached hydrogen (secondary N) is 1. The number of rotatable bonds is 5. The van der Waals surface area contributed by atoms with Crippen LogP contribution in [0.3, 0.4) is 0 Å². The molecule has 1 amide bonds. The van der Waals surface area contributed by atoms with Crippen molar-refractivity contribution in [3.05, 3.63) is 88.0 Å². The van der Waals surface area contributed by atoms with Gasteiger partial charge in [-0.1, -0.05) is 23.7 Å². The largest absolute Gasteiger partial charge is 0.318 e. The molecule has 0 unspecified atom stereocenters. The van der Waals surface area contributed by atoms with E-state index in [-0.39, 0.29) is 18.1 Å². The zero-order valence-corrected chi connectivity index (χ0v) is 15.8. The third kappa shape index (κ3) is 4.63. The highest BCUT2D eigenvalue weighted by molar-refractivity contribution is 6.30. The molecule has 0 saturated carbocycles. The van der Waals surface area contributed by atoms with Gasteiger partial charge in [0.05, 0.1) is 12.6 Å². The lowest BCUT2D eigenvalue weighted by Crippen LogP contribution is -2.19. The second-order valence-electron chi connectivity index (χ2n) is 6.23. The molecule has 0 atom stereocenters. The quantitative estimate of drug-likeness (QED) is 0.508. The maximum absolute atomic E-state index is 12.9. The lowest BCUT2D eigenvalue weighted by atomic mass is 10.1. The van der Waals surface area contributed by atoms with Crippen LogP contribution in [0.2, 0.25) is 5.02 Å². The van der Waals surface area contributed by atoms with Gasteiger partial charge >= 0.3 is 0 Å². The highest BCUT2D eigenvalue weighted by atomic mass is 35.5. The van der Waals surface area contributed by atoms with E-state index in [9.17, 15) is 9.18 Å². The molecule has 2 aromatic carbocycles. The fourth-order valence-corrected chi connectivity index (χ4v) is 3.03. The first-order chi connectivity index (χ1) is 12.9. The Morgan fingerprint density at radius 1 is 1.15 bits per heavy atom. The van der Waals surface area contributed by atoms with E-state index in [1.54, 1.807) is 18.3 Å². The second kappa shape index (κ2) is 8.18. The molecule has 138 valence electrons. The van der Waals surface area contributed by atoms with E-state index < -0.39 is 0 Å². The molecule has 0 spiro atoms. The number of aromatic nitrogens is 1. The van der Waals surface area contributed by atoms with E-state index in [0.29, 0.717) is 5.02 Å². The number of hydrogen-bond donors (Lipinski definition) is 1. The molecule has 4 nitrogen and oxygen atoms in total. The number of carbonyl (C=O) groups excluding carboxylic acids is 1. The third-order valence-corrected chi connectivity index (χ3v) is 4.48. The van der Waals surface area contributed by atoms with Crippen LogP contribution in [0.15, 0.2) is 59.7 Å². The van der Waals surface area contributed by atoms with E-state index in [1.165, 1.54) is 12.1 Å². The van der Waals surface area contributed by atoms with Gasteiger partial charge in [-0.25, -0.2) is 9.82 Å². The van der Waals surface area contributed by atoms with Crippen LogP contribution >= 0.6 is 11.6 Å². The normalized spacial score (nSPS) is 11.1. The maximum Gasteiger partial charge on any atom is 0.244 e. The third-order valence-electron chi connectivity index (χ3n) is 4.23. The van der Waals surface area contributed by atoms with Crippen LogP contribution in [-0.2, 0) is 11.2 Å². The minimum Gasteiger partial charge on any atom is -0.318 e. The van der Waals surface area contributed by atoms with Gasteiger partial charge in [0.2, 0.25) is 5.91 Å². The fraction of sp³-hybridized carbons (Fsp3) is 0.143. The molecule has 3 rings (SSSR count). The maximum atomic E-state index is 12.9.